The molecule has 14 heavy (non-hydrogen) atoms. The Balaban J connectivity index is 2.28. The molecule has 0 amide bonds. The number of hydrogen-bond donors (Lipinski definition) is 2. The molecule has 0 saturated heterocycles. The van der Waals surface area contributed by atoms with Crippen LogP contribution in [-0.4, -0.2) is 17.2 Å². The van der Waals surface area contributed by atoms with Gasteiger partial charge in [0.1, 0.15) is 0 Å². The number of rotatable bonds is 2. The van der Waals surface area contributed by atoms with Gasteiger partial charge in [0, 0.05) is 0 Å². The minimum atomic E-state index is -1.40. The molecule has 2 rings (SSSR count). The van der Waals surface area contributed by atoms with E-state index in [9.17, 15) is 0 Å². The predicted octanol–water partition coefficient (Wildman–Crippen LogP) is 0.0312. The van der Waals surface area contributed by atoms with Crippen molar-refractivity contribution < 1.29 is 10.0 Å². The maximum Gasteiger partial charge on any atom is 0.488 e. The molecule has 0 radical (unpaired) electrons. The van der Waals surface area contributed by atoms with E-state index in [4.69, 9.17) is 16.5 Å². The van der Waals surface area contributed by atoms with Crippen LogP contribution in [0.15, 0.2) is 24.3 Å². The fraction of sp³-hybridized carbons (Fsp3) is 0.273. The van der Waals surface area contributed by atoms with Gasteiger partial charge in [0.05, 0.1) is 5.41 Å². The zero-order valence-electron chi connectivity index (χ0n) is 7.77. The first kappa shape index (κ1) is 9.33. The van der Waals surface area contributed by atoms with E-state index in [1.807, 2.05) is 12.1 Å². The molecule has 0 aliphatic heterocycles. The van der Waals surface area contributed by atoms with Crippen molar-refractivity contribution in [3.05, 3.63) is 29.8 Å². The summed E-state index contributed by atoms with van der Waals surface area (Å²) in [6, 6.07) is 7.16. The fourth-order valence-electron chi connectivity index (χ4n) is 1.62. The van der Waals surface area contributed by atoms with Crippen LogP contribution in [0.1, 0.15) is 18.4 Å². The molecule has 0 atom stereocenters. The van der Waals surface area contributed by atoms with Gasteiger partial charge in [0.2, 0.25) is 0 Å². The van der Waals surface area contributed by atoms with Crippen LogP contribution in [-0.2, 0) is 5.41 Å². The third kappa shape index (κ3) is 1.43. The summed E-state index contributed by atoms with van der Waals surface area (Å²) in [6.45, 7) is 0. The van der Waals surface area contributed by atoms with Gasteiger partial charge in [-0.05, 0) is 23.9 Å². The van der Waals surface area contributed by atoms with E-state index in [1.54, 1.807) is 12.1 Å². The molecule has 1 aromatic rings. The van der Waals surface area contributed by atoms with Crippen molar-refractivity contribution >= 4 is 12.6 Å². The highest BCUT2D eigenvalue weighted by Gasteiger charge is 2.42. The van der Waals surface area contributed by atoms with Gasteiger partial charge in [-0.25, -0.2) is 0 Å². The SMILES string of the molecule is C#CC1(c2ccc(B(O)O)cc2)CC1. The van der Waals surface area contributed by atoms with Crippen LogP contribution < -0.4 is 5.46 Å². The first-order chi connectivity index (χ1) is 6.68. The van der Waals surface area contributed by atoms with Crippen LogP contribution in [0.3, 0.4) is 0 Å². The lowest BCUT2D eigenvalue weighted by atomic mass is 9.79. The second-order valence-corrected chi connectivity index (χ2v) is 3.72. The fourth-order valence-corrected chi connectivity index (χ4v) is 1.62. The maximum atomic E-state index is 8.91. The molecule has 0 bridgehead atoms. The van der Waals surface area contributed by atoms with Crippen molar-refractivity contribution in [3.8, 4) is 12.3 Å². The molecule has 0 aromatic heterocycles. The highest BCUT2D eigenvalue weighted by Crippen LogP contribution is 2.47. The Morgan fingerprint density at radius 1 is 1.21 bits per heavy atom. The maximum absolute atomic E-state index is 8.91. The topological polar surface area (TPSA) is 40.5 Å². The Kier molecular flexibility index (Phi) is 2.11. The lowest BCUT2D eigenvalue weighted by molar-refractivity contribution is 0.426. The molecule has 1 aromatic carbocycles. The van der Waals surface area contributed by atoms with Gasteiger partial charge in [-0.3, -0.25) is 0 Å². The van der Waals surface area contributed by atoms with E-state index in [1.165, 1.54) is 0 Å². The smallest absolute Gasteiger partial charge is 0.423 e. The molecule has 3 heteroatoms. The molecule has 0 unspecified atom stereocenters. The van der Waals surface area contributed by atoms with Crippen LogP contribution in [0.4, 0.5) is 0 Å². The summed E-state index contributed by atoms with van der Waals surface area (Å²) in [4.78, 5) is 0. The Labute approximate surface area is 83.7 Å². The van der Waals surface area contributed by atoms with E-state index in [0.717, 1.165) is 18.4 Å². The van der Waals surface area contributed by atoms with Crippen molar-refractivity contribution in [2.24, 2.45) is 0 Å². The average Bonchev–Trinajstić information content (AvgIpc) is 2.99. The van der Waals surface area contributed by atoms with Crippen LogP contribution >= 0.6 is 0 Å². The highest BCUT2D eigenvalue weighted by molar-refractivity contribution is 6.58. The number of hydrogen-bond acceptors (Lipinski definition) is 2. The number of terminal acetylenes is 1. The van der Waals surface area contributed by atoms with E-state index in [-0.39, 0.29) is 5.41 Å². The molecule has 70 valence electrons. The molecule has 1 fully saturated rings. The van der Waals surface area contributed by atoms with Crippen LogP contribution in [0.25, 0.3) is 0 Å². The minimum absolute atomic E-state index is 0.0705. The standard InChI is InChI=1S/C11H11BO2/c1-2-11(7-8-11)9-3-5-10(6-4-9)12(13)14/h1,3-6,13-14H,7-8H2. The second-order valence-electron chi connectivity index (χ2n) is 3.72. The molecule has 2 N–H and O–H groups in total. The second kappa shape index (κ2) is 3.16. The van der Waals surface area contributed by atoms with Gasteiger partial charge in [-0.15, -0.1) is 6.42 Å². The Bertz CT molecular complexity index is 371. The highest BCUT2D eigenvalue weighted by atomic mass is 16.4. The summed E-state index contributed by atoms with van der Waals surface area (Å²) in [5, 5.41) is 17.8. The van der Waals surface area contributed by atoms with Crippen molar-refractivity contribution in [1.82, 2.24) is 0 Å². The van der Waals surface area contributed by atoms with E-state index in [2.05, 4.69) is 5.92 Å². The minimum Gasteiger partial charge on any atom is -0.423 e. The van der Waals surface area contributed by atoms with Gasteiger partial charge < -0.3 is 10.0 Å². The molecule has 1 aliphatic carbocycles. The van der Waals surface area contributed by atoms with Crippen LogP contribution in [0.2, 0.25) is 0 Å². The quantitative estimate of drug-likeness (QED) is 0.505. The average molecular weight is 186 g/mol. The van der Waals surface area contributed by atoms with Gasteiger partial charge in [0.25, 0.3) is 0 Å². The molecule has 2 nitrogen and oxygen atoms in total. The first-order valence-electron chi connectivity index (χ1n) is 4.62. The predicted molar refractivity (Wildman–Crippen MR) is 56.0 cm³/mol. The number of benzene rings is 1. The normalized spacial score (nSPS) is 17.2. The Morgan fingerprint density at radius 2 is 1.79 bits per heavy atom. The van der Waals surface area contributed by atoms with Crippen molar-refractivity contribution in [2.45, 2.75) is 18.3 Å². The largest absolute Gasteiger partial charge is 0.488 e. The summed E-state index contributed by atoms with van der Waals surface area (Å²) in [5.74, 6) is 2.79. The molecule has 1 saturated carbocycles. The molecular formula is C11H11BO2. The monoisotopic (exact) mass is 186 g/mol. The van der Waals surface area contributed by atoms with Crippen molar-refractivity contribution in [2.75, 3.05) is 0 Å². The van der Waals surface area contributed by atoms with Gasteiger partial charge in [-0.2, -0.15) is 0 Å². The van der Waals surface area contributed by atoms with Crippen LogP contribution in [0, 0.1) is 12.3 Å². The molecule has 1 aliphatic rings. The van der Waals surface area contributed by atoms with Gasteiger partial charge in [0.15, 0.2) is 0 Å². The van der Waals surface area contributed by atoms with E-state index >= 15 is 0 Å². The Hall–Kier alpha value is -1.24. The summed E-state index contributed by atoms with van der Waals surface area (Å²) < 4.78 is 0. The molecular weight excluding hydrogens is 175 g/mol. The van der Waals surface area contributed by atoms with E-state index in [0.29, 0.717) is 5.46 Å². The molecule has 0 spiro atoms. The summed E-state index contributed by atoms with van der Waals surface area (Å²) >= 11 is 0. The third-order valence-corrected chi connectivity index (χ3v) is 2.79. The summed E-state index contributed by atoms with van der Waals surface area (Å²) in [6.07, 6.45) is 7.51. The summed E-state index contributed by atoms with van der Waals surface area (Å²) in [7, 11) is -1.40. The molecule has 0 heterocycles. The van der Waals surface area contributed by atoms with Gasteiger partial charge >= 0.3 is 7.12 Å². The van der Waals surface area contributed by atoms with Gasteiger partial charge in [-0.1, -0.05) is 30.2 Å². The lowest BCUT2D eigenvalue weighted by Gasteiger charge is -2.08. The zero-order chi connectivity index (χ0) is 10.2. The van der Waals surface area contributed by atoms with Crippen LogP contribution in [0.5, 0.6) is 0 Å². The van der Waals surface area contributed by atoms with Crippen molar-refractivity contribution in [3.63, 3.8) is 0 Å². The first-order valence-corrected chi connectivity index (χ1v) is 4.62. The Morgan fingerprint density at radius 3 is 2.14 bits per heavy atom. The third-order valence-electron chi connectivity index (χ3n) is 2.79. The summed E-state index contributed by atoms with van der Waals surface area (Å²) in [5.41, 5.74) is 1.53. The lowest BCUT2D eigenvalue weighted by Crippen LogP contribution is -2.29. The zero-order valence-corrected chi connectivity index (χ0v) is 7.77. The van der Waals surface area contributed by atoms with Crippen molar-refractivity contribution in [1.29, 1.82) is 0 Å². The van der Waals surface area contributed by atoms with E-state index < -0.39 is 7.12 Å².